The number of hydrogen-bond donors (Lipinski definition) is 6. The summed E-state index contributed by atoms with van der Waals surface area (Å²) in [5, 5.41) is 35.8. The standard InChI is InChI=1S/C18H22N2O4.C10H16N2O2.C2HF3O2/c1-3-5-11-15(16(21)17(22)19-12-4-2)20-18(23)24-13-14-9-7-6-8-10-14;1-3-5-6-8(11)9(13)10(14)12-7-4-2;3-2(4,5)1(6)7/h1,4,6-10,15-16,21H,2,5,11-13H2,(H,19,22)(H,20,23);1,4,8-9,13H,2,5-7,11H2,(H,12,14);(H,6,7)/t15-,16-;8-,9-;/m00./s1. The Morgan fingerprint density at radius 1 is 0.956 bits per heavy atom. The number of aliphatic hydroxyl groups excluding tert-OH is 2. The predicted octanol–water partition coefficient (Wildman–Crippen LogP) is -0.670. The number of hydrogen-bond acceptors (Lipinski definition) is 8. The van der Waals surface area contributed by atoms with Crippen LogP contribution in [0.1, 0.15) is 31.2 Å². The number of ether oxygens (including phenoxy) is 1. The number of aliphatic carboxylic acids is 1. The molecule has 0 radical (unpaired) electrons. The SMILES string of the molecule is C#CCC[C@H](NC(=O)OCc1ccccc1)[C@H](O)C(=O)NCC=C.C#CCC[C@H]([NH3+])[C@H](O)C(=O)NCC=C.O=C([O-])C(F)(F)F. The van der Waals surface area contributed by atoms with Gasteiger partial charge in [0.15, 0.2) is 12.2 Å². The van der Waals surface area contributed by atoms with Gasteiger partial charge in [0, 0.05) is 32.4 Å². The maximum absolute atomic E-state index is 11.9. The lowest BCUT2D eigenvalue weighted by atomic mass is 10.0. The third-order valence-corrected chi connectivity index (χ3v) is 5.21. The van der Waals surface area contributed by atoms with Gasteiger partial charge in [0.2, 0.25) is 0 Å². The van der Waals surface area contributed by atoms with Crippen molar-refractivity contribution in [3.8, 4) is 24.7 Å². The molecular weight excluding hydrogens is 601 g/mol. The predicted molar refractivity (Wildman–Crippen MR) is 156 cm³/mol. The second-order valence-electron chi connectivity index (χ2n) is 8.80. The van der Waals surface area contributed by atoms with E-state index in [1.807, 2.05) is 30.3 Å². The average molecular weight is 641 g/mol. The molecule has 3 amide bonds. The Hall–Kier alpha value is -4.83. The van der Waals surface area contributed by atoms with E-state index in [2.05, 4.69) is 46.7 Å². The van der Waals surface area contributed by atoms with Gasteiger partial charge >= 0.3 is 12.3 Å². The van der Waals surface area contributed by atoms with E-state index in [1.54, 1.807) is 6.08 Å². The highest BCUT2D eigenvalue weighted by molar-refractivity contribution is 5.82. The largest absolute Gasteiger partial charge is 0.542 e. The van der Waals surface area contributed by atoms with E-state index in [0.29, 0.717) is 25.8 Å². The van der Waals surface area contributed by atoms with Crippen molar-refractivity contribution in [2.45, 2.75) is 62.8 Å². The average Bonchev–Trinajstić information content (AvgIpc) is 3.02. The molecule has 0 spiro atoms. The van der Waals surface area contributed by atoms with Gasteiger partial charge < -0.3 is 46.5 Å². The van der Waals surface area contributed by atoms with Gasteiger partial charge in [0.1, 0.15) is 18.6 Å². The lowest BCUT2D eigenvalue weighted by molar-refractivity contribution is -0.434. The van der Waals surface area contributed by atoms with Crippen LogP contribution in [0.3, 0.4) is 0 Å². The molecule has 0 aliphatic rings. The summed E-state index contributed by atoms with van der Waals surface area (Å²) >= 11 is 0. The summed E-state index contributed by atoms with van der Waals surface area (Å²) in [5.41, 5.74) is 4.50. The summed E-state index contributed by atoms with van der Waals surface area (Å²) in [4.78, 5) is 43.7. The van der Waals surface area contributed by atoms with Crippen molar-refractivity contribution >= 4 is 23.9 Å². The van der Waals surface area contributed by atoms with Crippen LogP contribution in [0.2, 0.25) is 0 Å². The second-order valence-corrected chi connectivity index (χ2v) is 8.80. The number of carboxylic acids is 1. The number of carbonyl (C=O) groups excluding carboxylic acids is 4. The molecule has 0 bridgehead atoms. The first-order chi connectivity index (χ1) is 21.2. The number of carbonyl (C=O) groups is 4. The third-order valence-electron chi connectivity index (χ3n) is 5.21. The van der Waals surface area contributed by atoms with Gasteiger partial charge in [-0.2, -0.15) is 13.2 Å². The lowest BCUT2D eigenvalue weighted by Crippen LogP contribution is -2.68. The smallest absolute Gasteiger partial charge is 0.430 e. The van der Waals surface area contributed by atoms with Gasteiger partial charge in [-0.3, -0.25) is 9.59 Å². The van der Waals surface area contributed by atoms with Crippen LogP contribution in [0.25, 0.3) is 0 Å². The van der Waals surface area contributed by atoms with E-state index in [4.69, 9.17) is 27.5 Å². The van der Waals surface area contributed by atoms with E-state index in [1.165, 1.54) is 6.08 Å². The van der Waals surface area contributed by atoms with Crippen LogP contribution in [0, 0.1) is 24.7 Å². The molecule has 248 valence electrons. The Bertz CT molecular complexity index is 1150. The van der Waals surface area contributed by atoms with Crippen LogP contribution < -0.4 is 26.8 Å². The molecule has 0 saturated heterocycles. The van der Waals surface area contributed by atoms with Gasteiger partial charge in [-0.15, -0.1) is 37.8 Å². The first-order valence-electron chi connectivity index (χ1n) is 13.2. The van der Waals surface area contributed by atoms with Gasteiger partial charge in [-0.05, 0) is 12.0 Å². The van der Waals surface area contributed by atoms with Gasteiger partial charge in [-0.25, -0.2) is 4.79 Å². The quantitative estimate of drug-likeness (QED) is 0.107. The monoisotopic (exact) mass is 640 g/mol. The first kappa shape index (κ1) is 42.3. The summed E-state index contributed by atoms with van der Waals surface area (Å²) in [6.07, 6.45) is 6.47. The van der Waals surface area contributed by atoms with E-state index < -0.39 is 48.3 Å². The molecule has 0 unspecified atom stereocenters. The molecule has 0 aliphatic heterocycles. The van der Waals surface area contributed by atoms with Crippen LogP contribution in [0.4, 0.5) is 18.0 Å². The third kappa shape index (κ3) is 21.5. The Labute approximate surface area is 259 Å². The first-order valence-corrected chi connectivity index (χ1v) is 13.2. The fourth-order valence-electron chi connectivity index (χ4n) is 2.84. The molecule has 45 heavy (non-hydrogen) atoms. The second kappa shape index (κ2) is 24.6. The zero-order chi connectivity index (χ0) is 34.8. The number of alkyl carbamates (subject to hydrolysis) is 1. The van der Waals surface area contributed by atoms with Crippen molar-refractivity contribution < 1.29 is 58.1 Å². The Balaban J connectivity index is 0. The van der Waals surface area contributed by atoms with E-state index >= 15 is 0 Å². The Kier molecular flexibility index (Phi) is 23.1. The number of halogens is 3. The number of carboxylic acid groups (broad SMARTS) is 1. The van der Waals surface area contributed by atoms with Crippen molar-refractivity contribution in [1.82, 2.24) is 16.0 Å². The molecule has 12 nitrogen and oxygen atoms in total. The summed E-state index contributed by atoms with van der Waals surface area (Å²) in [6.45, 7) is 7.58. The normalized spacial score (nSPS) is 12.6. The molecule has 1 aromatic carbocycles. The van der Waals surface area contributed by atoms with Crippen molar-refractivity contribution in [2.75, 3.05) is 13.1 Å². The van der Waals surface area contributed by atoms with E-state index in [0.717, 1.165) is 5.56 Å². The molecule has 0 aromatic heterocycles. The zero-order valence-corrected chi connectivity index (χ0v) is 24.6. The number of aliphatic hydroxyl groups is 2. The van der Waals surface area contributed by atoms with E-state index in [-0.39, 0.29) is 25.6 Å². The minimum absolute atomic E-state index is 0.0906. The fourth-order valence-corrected chi connectivity index (χ4v) is 2.84. The minimum atomic E-state index is -5.19. The molecule has 0 saturated carbocycles. The summed E-state index contributed by atoms with van der Waals surface area (Å²) in [5.74, 6) is 0.805. The molecule has 1 aromatic rings. The summed E-state index contributed by atoms with van der Waals surface area (Å²) in [6, 6.07) is 7.96. The number of benzene rings is 1. The highest BCUT2D eigenvalue weighted by atomic mass is 19.4. The molecule has 1 rings (SSSR count). The Morgan fingerprint density at radius 3 is 1.87 bits per heavy atom. The molecular formula is C30H39F3N4O8. The highest BCUT2D eigenvalue weighted by Gasteiger charge is 2.29. The Morgan fingerprint density at radius 2 is 1.42 bits per heavy atom. The van der Waals surface area contributed by atoms with Gasteiger partial charge in [-0.1, -0.05) is 42.5 Å². The van der Waals surface area contributed by atoms with Crippen molar-refractivity contribution in [2.24, 2.45) is 0 Å². The summed E-state index contributed by atoms with van der Waals surface area (Å²) in [7, 11) is 0. The van der Waals surface area contributed by atoms with Crippen molar-refractivity contribution in [3.05, 3.63) is 61.2 Å². The van der Waals surface area contributed by atoms with Crippen LogP contribution >= 0.6 is 0 Å². The van der Waals surface area contributed by atoms with Crippen LogP contribution in [-0.2, 0) is 25.7 Å². The maximum Gasteiger partial charge on any atom is 0.430 e. The topological polar surface area (TPSA) is 205 Å². The maximum atomic E-state index is 11.9. The molecule has 8 N–H and O–H groups in total. The van der Waals surface area contributed by atoms with Gasteiger partial charge in [0.25, 0.3) is 11.8 Å². The van der Waals surface area contributed by atoms with Crippen molar-refractivity contribution in [1.29, 1.82) is 0 Å². The molecule has 4 atom stereocenters. The highest BCUT2D eigenvalue weighted by Crippen LogP contribution is 2.11. The van der Waals surface area contributed by atoms with E-state index in [9.17, 15) is 37.8 Å². The van der Waals surface area contributed by atoms with Crippen LogP contribution in [-0.4, -0.2) is 77.6 Å². The molecule has 0 heterocycles. The summed E-state index contributed by atoms with van der Waals surface area (Å²) < 4.78 is 36.6. The number of rotatable bonds is 15. The zero-order valence-electron chi connectivity index (χ0n) is 24.6. The number of alkyl halides is 3. The van der Waals surface area contributed by atoms with Crippen molar-refractivity contribution in [3.63, 3.8) is 0 Å². The molecule has 0 fully saturated rings. The number of quaternary nitrogens is 1. The fraction of sp³-hybridized carbons (Fsp3) is 0.400. The number of nitrogens with one attached hydrogen (secondary N) is 3. The number of amides is 3. The van der Waals surface area contributed by atoms with Crippen LogP contribution in [0.5, 0.6) is 0 Å². The number of terminal acetylenes is 2. The molecule has 0 aliphatic carbocycles. The lowest BCUT2D eigenvalue weighted by Gasteiger charge is -2.22. The van der Waals surface area contributed by atoms with Crippen LogP contribution in [0.15, 0.2) is 55.6 Å². The minimum Gasteiger partial charge on any atom is -0.542 e. The molecule has 15 heteroatoms. The van der Waals surface area contributed by atoms with Gasteiger partial charge in [0.05, 0.1) is 6.04 Å².